The second-order valence-corrected chi connectivity index (χ2v) is 4.62. The van der Waals surface area contributed by atoms with Crippen molar-refractivity contribution in [2.45, 2.75) is 45.1 Å². The molecule has 1 rings (SSSR count). The van der Waals surface area contributed by atoms with E-state index in [4.69, 9.17) is 10.8 Å². The Morgan fingerprint density at radius 3 is 2.56 bits per heavy atom. The Hall–Kier alpha value is -0.610. The largest absolute Gasteiger partial charge is 0.395 e. The van der Waals surface area contributed by atoms with E-state index in [0.29, 0.717) is 6.54 Å². The van der Waals surface area contributed by atoms with Crippen LogP contribution in [-0.2, 0) is 4.79 Å². The van der Waals surface area contributed by atoms with Crippen LogP contribution in [0.1, 0.15) is 39.0 Å². The molecule has 4 nitrogen and oxygen atoms in total. The van der Waals surface area contributed by atoms with Crippen LogP contribution in [0.2, 0.25) is 0 Å². The molecule has 0 bridgehead atoms. The molecule has 2 unspecified atom stereocenters. The molecule has 1 saturated carbocycles. The second-order valence-electron chi connectivity index (χ2n) is 4.62. The maximum atomic E-state index is 11.9. The first-order chi connectivity index (χ1) is 7.70. The number of nitrogens with zero attached hydrogens (tertiary/aromatic N) is 1. The average Bonchev–Trinajstić information content (AvgIpc) is 2.99. The lowest BCUT2D eigenvalue weighted by molar-refractivity contribution is -0.133. The van der Waals surface area contributed by atoms with Gasteiger partial charge in [-0.05, 0) is 12.8 Å². The van der Waals surface area contributed by atoms with Gasteiger partial charge in [-0.3, -0.25) is 4.79 Å². The maximum absolute atomic E-state index is 11.9. The zero-order valence-corrected chi connectivity index (χ0v) is 10.2. The quantitative estimate of drug-likeness (QED) is 0.602. The highest BCUT2D eigenvalue weighted by molar-refractivity contribution is 5.82. The van der Waals surface area contributed by atoms with E-state index in [1.165, 1.54) is 12.8 Å². The van der Waals surface area contributed by atoms with Crippen molar-refractivity contribution in [2.24, 2.45) is 11.7 Å². The van der Waals surface area contributed by atoms with E-state index in [2.05, 4.69) is 6.92 Å². The van der Waals surface area contributed by atoms with Crippen LogP contribution in [0.25, 0.3) is 0 Å². The minimum atomic E-state index is 0.0257. The summed E-state index contributed by atoms with van der Waals surface area (Å²) in [7, 11) is 0. The first kappa shape index (κ1) is 13.5. The number of amides is 1. The van der Waals surface area contributed by atoms with Crippen LogP contribution in [-0.4, -0.2) is 41.7 Å². The minimum Gasteiger partial charge on any atom is -0.395 e. The Morgan fingerprint density at radius 2 is 2.06 bits per heavy atom. The van der Waals surface area contributed by atoms with Crippen molar-refractivity contribution in [2.75, 3.05) is 19.7 Å². The van der Waals surface area contributed by atoms with Gasteiger partial charge < -0.3 is 15.7 Å². The van der Waals surface area contributed by atoms with Gasteiger partial charge in [-0.2, -0.15) is 0 Å². The van der Waals surface area contributed by atoms with E-state index in [-0.39, 0.29) is 24.5 Å². The van der Waals surface area contributed by atoms with Crippen molar-refractivity contribution in [1.29, 1.82) is 0 Å². The molecule has 2 atom stereocenters. The molecule has 1 aliphatic carbocycles. The maximum Gasteiger partial charge on any atom is 0.227 e. The van der Waals surface area contributed by atoms with Gasteiger partial charge in [0.1, 0.15) is 0 Å². The monoisotopic (exact) mass is 228 g/mol. The fourth-order valence-corrected chi connectivity index (χ4v) is 1.92. The van der Waals surface area contributed by atoms with E-state index in [1.54, 1.807) is 4.90 Å². The molecule has 0 aromatic rings. The molecule has 0 spiro atoms. The van der Waals surface area contributed by atoms with Gasteiger partial charge in [0.05, 0.1) is 12.5 Å². The molecule has 0 aliphatic heterocycles. The van der Waals surface area contributed by atoms with E-state index in [0.717, 1.165) is 25.8 Å². The summed E-state index contributed by atoms with van der Waals surface area (Å²) in [5.41, 5.74) is 5.67. The van der Waals surface area contributed by atoms with Gasteiger partial charge in [0.15, 0.2) is 0 Å². The number of unbranched alkanes of at least 4 members (excludes halogenated alkanes) is 3. The van der Waals surface area contributed by atoms with Gasteiger partial charge in [0.25, 0.3) is 0 Å². The minimum absolute atomic E-state index is 0.0257. The highest BCUT2D eigenvalue weighted by Gasteiger charge is 2.41. The molecule has 3 N–H and O–H groups in total. The molecule has 0 aromatic carbocycles. The van der Waals surface area contributed by atoms with Crippen LogP contribution >= 0.6 is 0 Å². The van der Waals surface area contributed by atoms with Crippen LogP contribution in [0, 0.1) is 5.92 Å². The number of aliphatic hydroxyl groups is 1. The Balaban J connectivity index is 2.26. The van der Waals surface area contributed by atoms with Gasteiger partial charge in [-0.15, -0.1) is 0 Å². The number of rotatable bonds is 8. The smallest absolute Gasteiger partial charge is 0.227 e. The molecule has 1 aliphatic rings. The highest BCUT2D eigenvalue weighted by atomic mass is 16.3. The summed E-state index contributed by atoms with van der Waals surface area (Å²) < 4.78 is 0. The number of carbonyl (C=O) groups is 1. The van der Waals surface area contributed by atoms with Crippen LogP contribution < -0.4 is 5.73 Å². The molecular formula is C12H24N2O2. The van der Waals surface area contributed by atoms with Crippen molar-refractivity contribution >= 4 is 5.91 Å². The predicted molar refractivity (Wildman–Crippen MR) is 63.9 cm³/mol. The SMILES string of the molecule is CCCCCCN(CCO)C(=O)C1CC1N. The third-order valence-corrected chi connectivity index (χ3v) is 3.12. The molecule has 1 amide bonds. The van der Waals surface area contributed by atoms with Gasteiger partial charge in [0.2, 0.25) is 5.91 Å². The molecule has 0 saturated heterocycles. The average molecular weight is 228 g/mol. The number of nitrogens with two attached hydrogens (primary N) is 1. The summed E-state index contributed by atoms with van der Waals surface area (Å²) in [4.78, 5) is 13.7. The number of aliphatic hydroxyl groups excluding tert-OH is 1. The summed E-state index contributed by atoms with van der Waals surface area (Å²) in [6, 6.07) is 0.0596. The van der Waals surface area contributed by atoms with Crippen molar-refractivity contribution in [3.05, 3.63) is 0 Å². The van der Waals surface area contributed by atoms with E-state index in [1.807, 2.05) is 0 Å². The number of carbonyl (C=O) groups excluding carboxylic acids is 1. The van der Waals surface area contributed by atoms with Gasteiger partial charge in [-0.1, -0.05) is 26.2 Å². The Morgan fingerprint density at radius 1 is 1.38 bits per heavy atom. The first-order valence-electron chi connectivity index (χ1n) is 6.36. The molecule has 4 heteroatoms. The third-order valence-electron chi connectivity index (χ3n) is 3.12. The molecule has 94 valence electrons. The number of hydrogen-bond acceptors (Lipinski definition) is 3. The van der Waals surface area contributed by atoms with Crippen molar-refractivity contribution in [3.8, 4) is 0 Å². The van der Waals surface area contributed by atoms with Gasteiger partial charge in [0, 0.05) is 19.1 Å². The summed E-state index contributed by atoms with van der Waals surface area (Å²) >= 11 is 0. The summed E-state index contributed by atoms with van der Waals surface area (Å²) in [6.07, 6.45) is 5.41. The summed E-state index contributed by atoms with van der Waals surface area (Å²) in [5.74, 6) is 0.163. The fraction of sp³-hybridized carbons (Fsp3) is 0.917. The first-order valence-corrected chi connectivity index (χ1v) is 6.36. The van der Waals surface area contributed by atoms with Gasteiger partial charge >= 0.3 is 0 Å². The highest BCUT2D eigenvalue weighted by Crippen LogP contribution is 2.29. The van der Waals surface area contributed by atoms with Crippen LogP contribution in [0.3, 0.4) is 0 Å². The predicted octanol–water partition coefficient (Wildman–Crippen LogP) is 0.735. The molecule has 0 heterocycles. The lowest BCUT2D eigenvalue weighted by Gasteiger charge is -2.21. The Labute approximate surface area is 97.8 Å². The van der Waals surface area contributed by atoms with Crippen molar-refractivity contribution in [1.82, 2.24) is 4.90 Å². The molecule has 16 heavy (non-hydrogen) atoms. The van der Waals surface area contributed by atoms with Crippen molar-refractivity contribution in [3.63, 3.8) is 0 Å². The lowest BCUT2D eigenvalue weighted by atomic mass is 10.2. The summed E-state index contributed by atoms with van der Waals surface area (Å²) in [5, 5.41) is 8.93. The van der Waals surface area contributed by atoms with Crippen LogP contribution in [0.4, 0.5) is 0 Å². The fourth-order valence-electron chi connectivity index (χ4n) is 1.92. The molecule has 0 radical (unpaired) electrons. The van der Waals surface area contributed by atoms with E-state index >= 15 is 0 Å². The Bertz CT molecular complexity index is 221. The normalized spacial score (nSPS) is 23.2. The molecule has 0 aromatic heterocycles. The third kappa shape index (κ3) is 4.10. The molecular weight excluding hydrogens is 204 g/mol. The van der Waals surface area contributed by atoms with Gasteiger partial charge in [-0.25, -0.2) is 0 Å². The molecule has 1 fully saturated rings. The lowest BCUT2D eigenvalue weighted by Crippen LogP contribution is -2.36. The topological polar surface area (TPSA) is 66.6 Å². The van der Waals surface area contributed by atoms with E-state index in [9.17, 15) is 4.79 Å². The second kappa shape index (κ2) is 6.86. The Kier molecular flexibility index (Phi) is 5.77. The van der Waals surface area contributed by atoms with Crippen LogP contribution in [0.15, 0.2) is 0 Å². The van der Waals surface area contributed by atoms with E-state index < -0.39 is 0 Å². The van der Waals surface area contributed by atoms with Crippen LogP contribution in [0.5, 0.6) is 0 Å². The zero-order chi connectivity index (χ0) is 12.0. The summed E-state index contributed by atoms with van der Waals surface area (Å²) in [6.45, 7) is 3.43. The number of hydrogen-bond donors (Lipinski definition) is 2. The van der Waals surface area contributed by atoms with Crippen molar-refractivity contribution < 1.29 is 9.90 Å². The standard InChI is InChI=1S/C12H24N2O2/c1-2-3-4-5-6-14(7-8-15)12(16)10-9-11(10)13/h10-11,15H,2-9,13H2,1H3. The zero-order valence-electron chi connectivity index (χ0n) is 10.2.